The van der Waals surface area contributed by atoms with Crippen molar-refractivity contribution < 1.29 is 4.74 Å². The third-order valence-electron chi connectivity index (χ3n) is 1.97. The maximum atomic E-state index is 11.1. The van der Waals surface area contributed by atoms with Crippen LogP contribution >= 0.6 is 11.6 Å². The summed E-state index contributed by atoms with van der Waals surface area (Å²) in [5.74, 6) is 1.01. The maximum absolute atomic E-state index is 11.1. The molecule has 0 fully saturated rings. The monoisotopic (exact) mass is 237 g/mol. The second-order valence-electron chi connectivity index (χ2n) is 3.00. The van der Waals surface area contributed by atoms with Crippen LogP contribution < -0.4 is 10.4 Å². The van der Waals surface area contributed by atoms with Crippen LogP contribution in [0.4, 0.5) is 0 Å². The first-order valence-electron chi connectivity index (χ1n) is 4.47. The minimum Gasteiger partial charge on any atom is -0.497 e. The van der Waals surface area contributed by atoms with Gasteiger partial charge in [-0.1, -0.05) is 0 Å². The molecule has 1 aromatic carbocycles. The molecule has 1 heterocycles. The Morgan fingerprint density at radius 2 is 1.94 bits per heavy atom. The SMILES string of the molecule is COc1ccc(-c2nc(Cl)[nH]c(=O)n2)cc1. The van der Waals surface area contributed by atoms with Crippen molar-refractivity contribution in [2.45, 2.75) is 0 Å². The van der Waals surface area contributed by atoms with E-state index in [0.29, 0.717) is 5.56 Å². The molecule has 0 saturated carbocycles. The molecule has 0 aliphatic carbocycles. The van der Waals surface area contributed by atoms with Crippen molar-refractivity contribution in [1.29, 1.82) is 0 Å². The molecule has 0 radical (unpaired) electrons. The third-order valence-corrected chi connectivity index (χ3v) is 2.15. The highest BCUT2D eigenvalue weighted by atomic mass is 35.5. The number of rotatable bonds is 2. The van der Waals surface area contributed by atoms with Gasteiger partial charge < -0.3 is 4.74 Å². The Labute approximate surface area is 96.1 Å². The fourth-order valence-electron chi connectivity index (χ4n) is 1.23. The molecule has 1 aromatic heterocycles. The number of aromatic nitrogens is 3. The van der Waals surface area contributed by atoms with Gasteiger partial charge >= 0.3 is 5.69 Å². The Hall–Kier alpha value is -1.88. The quantitative estimate of drug-likeness (QED) is 0.859. The van der Waals surface area contributed by atoms with Crippen LogP contribution in [-0.4, -0.2) is 22.1 Å². The standard InChI is InChI=1S/C10H8ClN3O2/c1-16-7-4-2-6(3-5-7)8-12-9(11)14-10(15)13-8/h2-5H,1H3,(H,12,13,14,15). The second kappa shape index (κ2) is 4.32. The lowest BCUT2D eigenvalue weighted by atomic mass is 10.2. The lowest BCUT2D eigenvalue weighted by Gasteiger charge is -2.01. The molecule has 82 valence electrons. The summed E-state index contributed by atoms with van der Waals surface area (Å²) in [6.45, 7) is 0. The van der Waals surface area contributed by atoms with E-state index in [9.17, 15) is 4.79 Å². The molecule has 2 rings (SSSR count). The van der Waals surface area contributed by atoms with E-state index in [1.807, 2.05) is 0 Å². The Morgan fingerprint density at radius 1 is 1.25 bits per heavy atom. The highest BCUT2D eigenvalue weighted by Gasteiger charge is 2.04. The first kappa shape index (κ1) is 10.6. The van der Waals surface area contributed by atoms with Crippen LogP contribution in [0.1, 0.15) is 0 Å². The van der Waals surface area contributed by atoms with Gasteiger partial charge in [0.2, 0.25) is 5.28 Å². The zero-order valence-electron chi connectivity index (χ0n) is 8.40. The summed E-state index contributed by atoms with van der Waals surface area (Å²) in [6.07, 6.45) is 0. The van der Waals surface area contributed by atoms with Crippen LogP contribution in [0.3, 0.4) is 0 Å². The molecule has 0 spiro atoms. The van der Waals surface area contributed by atoms with Gasteiger partial charge in [0.25, 0.3) is 0 Å². The number of nitrogens with zero attached hydrogens (tertiary/aromatic N) is 2. The van der Waals surface area contributed by atoms with Gasteiger partial charge in [-0.2, -0.15) is 9.97 Å². The fourth-order valence-corrected chi connectivity index (χ4v) is 1.39. The first-order valence-corrected chi connectivity index (χ1v) is 4.85. The Kier molecular flexibility index (Phi) is 2.87. The normalized spacial score (nSPS) is 10.1. The van der Waals surface area contributed by atoms with Gasteiger partial charge in [-0.15, -0.1) is 0 Å². The van der Waals surface area contributed by atoms with Gasteiger partial charge in [0.1, 0.15) is 5.75 Å². The van der Waals surface area contributed by atoms with Gasteiger partial charge in [-0.3, -0.25) is 4.98 Å². The van der Waals surface area contributed by atoms with Crippen molar-refractivity contribution in [1.82, 2.24) is 15.0 Å². The molecule has 0 saturated heterocycles. The number of ether oxygens (including phenoxy) is 1. The van der Waals surface area contributed by atoms with E-state index < -0.39 is 5.69 Å². The van der Waals surface area contributed by atoms with E-state index >= 15 is 0 Å². The van der Waals surface area contributed by atoms with E-state index in [2.05, 4.69) is 15.0 Å². The van der Waals surface area contributed by atoms with Crippen LogP contribution in [0.2, 0.25) is 5.28 Å². The van der Waals surface area contributed by atoms with Crippen LogP contribution in [0.15, 0.2) is 29.1 Å². The summed E-state index contributed by atoms with van der Waals surface area (Å²) >= 11 is 5.63. The van der Waals surface area contributed by atoms with Gasteiger partial charge in [0, 0.05) is 5.56 Å². The molecular weight excluding hydrogens is 230 g/mol. The molecular formula is C10H8ClN3O2. The smallest absolute Gasteiger partial charge is 0.349 e. The Bertz CT molecular complexity index is 551. The minimum absolute atomic E-state index is 0.0193. The average molecular weight is 238 g/mol. The van der Waals surface area contributed by atoms with Crippen molar-refractivity contribution in [2.75, 3.05) is 7.11 Å². The number of halogens is 1. The number of H-pyrrole nitrogens is 1. The second-order valence-corrected chi connectivity index (χ2v) is 3.35. The fraction of sp³-hybridized carbons (Fsp3) is 0.100. The van der Waals surface area contributed by atoms with Crippen LogP contribution in [0.5, 0.6) is 5.75 Å². The van der Waals surface area contributed by atoms with Crippen LogP contribution in [-0.2, 0) is 0 Å². The zero-order chi connectivity index (χ0) is 11.5. The number of hydrogen-bond donors (Lipinski definition) is 1. The molecule has 0 amide bonds. The topological polar surface area (TPSA) is 67.9 Å². The molecule has 1 N–H and O–H groups in total. The average Bonchev–Trinajstić information content (AvgIpc) is 2.28. The predicted molar refractivity (Wildman–Crippen MR) is 59.7 cm³/mol. The van der Waals surface area contributed by atoms with Gasteiger partial charge in [-0.25, -0.2) is 4.79 Å². The molecule has 0 atom stereocenters. The number of nitrogens with one attached hydrogen (secondary N) is 1. The molecule has 0 aliphatic rings. The Morgan fingerprint density at radius 3 is 2.50 bits per heavy atom. The summed E-state index contributed by atoms with van der Waals surface area (Å²) in [7, 11) is 1.58. The molecule has 2 aromatic rings. The lowest BCUT2D eigenvalue weighted by Crippen LogP contribution is -2.12. The lowest BCUT2D eigenvalue weighted by molar-refractivity contribution is 0.415. The maximum Gasteiger partial charge on any atom is 0.349 e. The summed E-state index contributed by atoms with van der Waals surface area (Å²) in [5, 5.41) is 0.0193. The number of benzene rings is 1. The summed E-state index contributed by atoms with van der Waals surface area (Å²) in [6, 6.07) is 7.02. The van der Waals surface area contributed by atoms with Gasteiger partial charge in [0.15, 0.2) is 5.82 Å². The zero-order valence-corrected chi connectivity index (χ0v) is 9.15. The van der Waals surface area contributed by atoms with E-state index in [-0.39, 0.29) is 11.1 Å². The summed E-state index contributed by atoms with van der Waals surface area (Å²) in [4.78, 5) is 21.0. The van der Waals surface area contributed by atoms with E-state index in [1.165, 1.54) is 0 Å². The summed E-state index contributed by atoms with van der Waals surface area (Å²) in [5.41, 5.74) is 0.180. The van der Waals surface area contributed by atoms with E-state index in [4.69, 9.17) is 16.3 Å². The number of aromatic amines is 1. The molecule has 0 aliphatic heterocycles. The van der Waals surface area contributed by atoms with Crippen molar-refractivity contribution >= 4 is 11.6 Å². The number of hydrogen-bond acceptors (Lipinski definition) is 4. The predicted octanol–water partition coefficient (Wildman–Crippen LogP) is 1.49. The van der Waals surface area contributed by atoms with Crippen LogP contribution in [0, 0.1) is 0 Å². The molecule has 16 heavy (non-hydrogen) atoms. The van der Waals surface area contributed by atoms with Crippen molar-refractivity contribution in [3.05, 3.63) is 40.0 Å². The summed E-state index contributed by atoms with van der Waals surface area (Å²) < 4.78 is 5.02. The Balaban J connectivity index is 2.46. The van der Waals surface area contributed by atoms with Crippen LogP contribution in [0.25, 0.3) is 11.4 Å². The van der Waals surface area contributed by atoms with Gasteiger partial charge in [0.05, 0.1) is 7.11 Å². The van der Waals surface area contributed by atoms with Gasteiger partial charge in [-0.05, 0) is 35.9 Å². The first-order chi connectivity index (χ1) is 7.69. The highest BCUT2D eigenvalue weighted by molar-refractivity contribution is 6.28. The van der Waals surface area contributed by atoms with Crippen molar-refractivity contribution in [3.8, 4) is 17.1 Å². The molecule has 6 heteroatoms. The number of methoxy groups -OCH3 is 1. The molecule has 0 unspecified atom stereocenters. The van der Waals surface area contributed by atoms with Crippen molar-refractivity contribution in [2.24, 2.45) is 0 Å². The largest absolute Gasteiger partial charge is 0.497 e. The molecule has 0 bridgehead atoms. The highest BCUT2D eigenvalue weighted by Crippen LogP contribution is 2.18. The van der Waals surface area contributed by atoms with E-state index in [0.717, 1.165) is 5.75 Å². The third kappa shape index (κ3) is 2.20. The van der Waals surface area contributed by atoms with E-state index in [1.54, 1.807) is 31.4 Å². The van der Waals surface area contributed by atoms with Crippen molar-refractivity contribution in [3.63, 3.8) is 0 Å². The molecule has 5 nitrogen and oxygen atoms in total. The minimum atomic E-state index is -0.522.